The first-order valence-electron chi connectivity index (χ1n) is 8.15. The van der Waals surface area contributed by atoms with Crippen molar-refractivity contribution in [2.24, 2.45) is 5.41 Å². The van der Waals surface area contributed by atoms with E-state index < -0.39 is 0 Å². The number of fused-ring (bicyclic) bond motifs is 1. The van der Waals surface area contributed by atoms with Gasteiger partial charge in [0.1, 0.15) is 0 Å². The third-order valence-corrected chi connectivity index (χ3v) is 4.81. The molecular weight excluding hydrogens is 262 g/mol. The average Bonchev–Trinajstić information content (AvgIpc) is 2.72. The molecule has 0 aromatic rings. The van der Waals surface area contributed by atoms with E-state index in [1.165, 1.54) is 11.3 Å². The van der Waals surface area contributed by atoms with Crippen molar-refractivity contribution in [1.29, 1.82) is 0 Å². The molecule has 4 nitrogen and oxygen atoms in total. The second-order valence-electron chi connectivity index (χ2n) is 7.24. The fourth-order valence-corrected chi connectivity index (χ4v) is 3.76. The Morgan fingerprint density at radius 3 is 2.90 bits per heavy atom. The highest BCUT2D eigenvalue weighted by Crippen LogP contribution is 2.44. The molecule has 1 aliphatic carbocycles. The van der Waals surface area contributed by atoms with Gasteiger partial charge < -0.3 is 10.2 Å². The molecule has 0 radical (unpaired) electrons. The second-order valence-corrected chi connectivity index (χ2v) is 7.24. The molecule has 0 spiro atoms. The maximum atomic E-state index is 12.8. The maximum Gasteiger partial charge on any atom is 0.241 e. The van der Waals surface area contributed by atoms with Crippen LogP contribution in [-0.2, 0) is 4.79 Å². The Labute approximate surface area is 127 Å². The molecule has 1 N–H and O–H groups in total. The van der Waals surface area contributed by atoms with Crippen molar-refractivity contribution < 1.29 is 4.79 Å². The zero-order valence-electron chi connectivity index (χ0n) is 13.5. The van der Waals surface area contributed by atoms with Gasteiger partial charge in [-0.2, -0.15) is 0 Å². The number of hydrogen-bond acceptors (Lipinski definition) is 3. The smallest absolute Gasteiger partial charge is 0.241 e. The quantitative estimate of drug-likeness (QED) is 0.841. The monoisotopic (exact) mass is 289 g/mol. The fraction of sp³-hybridized carbons (Fsp3) is 0.706. The number of carbonyl (C=O) groups is 1. The highest BCUT2D eigenvalue weighted by Gasteiger charge is 2.41. The van der Waals surface area contributed by atoms with Crippen LogP contribution >= 0.6 is 0 Å². The number of carbonyl (C=O) groups excluding carboxylic acids is 1. The van der Waals surface area contributed by atoms with Crippen LogP contribution in [0.3, 0.4) is 0 Å². The predicted molar refractivity (Wildman–Crippen MR) is 84.8 cm³/mol. The second kappa shape index (κ2) is 5.58. The lowest BCUT2D eigenvalue weighted by Gasteiger charge is -2.32. The summed E-state index contributed by atoms with van der Waals surface area (Å²) in [5.41, 5.74) is 2.65. The number of allylic oxidation sites excluding steroid dienone is 3. The first kappa shape index (κ1) is 14.8. The summed E-state index contributed by atoms with van der Waals surface area (Å²) in [4.78, 5) is 17.1. The van der Waals surface area contributed by atoms with Crippen molar-refractivity contribution in [2.45, 2.75) is 39.7 Å². The minimum Gasteiger partial charge on any atom is -0.312 e. The third kappa shape index (κ3) is 2.92. The lowest BCUT2D eigenvalue weighted by molar-refractivity contribution is -0.130. The van der Waals surface area contributed by atoms with E-state index in [1.54, 1.807) is 0 Å². The van der Waals surface area contributed by atoms with Crippen molar-refractivity contribution >= 4 is 5.91 Å². The van der Waals surface area contributed by atoms with Gasteiger partial charge in [0.25, 0.3) is 0 Å². The molecule has 0 unspecified atom stereocenters. The van der Waals surface area contributed by atoms with E-state index in [-0.39, 0.29) is 11.3 Å². The topological polar surface area (TPSA) is 35.6 Å². The van der Waals surface area contributed by atoms with Crippen LogP contribution in [-0.4, -0.2) is 54.5 Å². The standard InChI is InChI=1S/C17H27N3O/c1-13-10-19(9-8-18-13)11-16(21)20-12-17(2,3)14-6-4-5-7-15(14)20/h6-7,13,18H,4-5,8-12H2,1-3H3/t13-/m1/s1. The zero-order valence-corrected chi connectivity index (χ0v) is 13.5. The summed E-state index contributed by atoms with van der Waals surface area (Å²) in [6.45, 7) is 11.0. The van der Waals surface area contributed by atoms with E-state index in [9.17, 15) is 4.79 Å². The van der Waals surface area contributed by atoms with Crippen LogP contribution in [0.5, 0.6) is 0 Å². The van der Waals surface area contributed by atoms with Gasteiger partial charge in [0.15, 0.2) is 0 Å². The Balaban J connectivity index is 1.70. The van der Waals surface area contributed by atoms with E-state index in [4.69, 9.17) is 0 Å². The van der Waals surface area contributed by atoms with E-state index in [0.29, 0.717) is 12.6 Å². The average molecular weight is 289 g/mol. The molecule has 0 aromatic carbocycles. The molecule has 3 rings (SSSR count). The molecular formula is C17H27N3O. The number of amides is 1. The number of likely N-dealkylation sites (tertiary alicyclic amines) is 1. The SMILES string of the molecule is C[C@@H]1CN(CC(=O)N2CC(C)(C)C3=CCCC=C32)CCN1. The predicted octanol–water partition coefficient (Wildman–Crippen LogP) is 1.75. The first-order chi connectivity index (χ1) is 9.97. The van der Waals surface area contributed by atoms with Crippen LogP contribution in [0.2, 0.25) is 0 Å². The number of nitrogens with zero attached hydrogens (tertiary/aromatic N) is 2. The largest absolute Gasteiger partial charge is 0.312 e. The Morgan fingerprint density at radius 1 is 1.38 bits per heavy atom. The van der Waals surface area contributed by atoms with Gasteiger partial charge in [-0.15, -0.1) is 0 Å². The Hall–Kier alpha value is -1.13. The molecule has 1 amide bonds. The summed E-state index contributed by atoms with van der Waals surface area (Å²) in [7, 11) is 0. The minimum absolute atomic E-state index is 0.0959. The van der Waals surface area contributed by atoms with Gasteiger partial charge >= 0.3 is 0 Å². The summed E-state index contributed by atoms with van der Waals surface area (Å²) in [6.07, 6.45) is 6.75. The Kier molecular flexibility index (Phi) is 3.93. The molecule has 0 aromatic heterocycles. The number of nitrogens with one attached hydrogen (secondary N) is 1. The lowest BCUT2D eigenvalue weighted by Crippen LogP contribution is -2.52. The summed E-state index contributed by atoms with van der Waals surface area (Å²) < 4.78 is 0. The van der Waals surface area contributed by atoms with E-state index in [0.717, 1.165) is 39.0 Å². The highest BCUT2D eigenvalue weighted by molar-refractivity contribution is 5.82. The molecule has 4 heteroatoms. The fourth-order valence-electron chi connectivity index (χ4n) is 3.76. The molecule has 0 saturated carbocycles. The van der Waals surface area contributed by atoms with Gasteiger partial charge in [-0.25, -0.2) is 0 Å². The van der Waals surface area contributed by atoms with E-state index in [1.807, 2.05) is 4.90 Å². The third-order valence-electron chi connectivity index (χ3n) is 4.81. The van der Waals surface area contributed by atoms with Gasteiger partial charge in [0, 0.05) is 43.3 Å². The normalized spacial score (nSPS) is 28.9. The maximum absolute atomic E-state index is 12.8. The summed E-state index contributed by atoms with van der Waals surface area (Å²) in [5.74, 6) is 0.258. The molecule has 3 aliphatic rings. The van der Waals surface area contributed by atoms with Crippen LogP contribution in [0.1, 0.15) is 33.6 Å². The van der Waals surface area contributed by atoms with Crippen LogP contribution in [0.25, 0.3) is 0 Å². The van der Waals surface area contributed by atoms with Crippen LogP contribution in [0.4, 0.5) is 0 Å². The molecule has 2 aliphatic heterocycles. The molecule has 2 saturated heterocycles. The van der Waals surface area contributed by atoms with Crippen molar-refractivity contribution in [2.75, 3.05) is 32.7 Å². The van der Waals surface area contributed by atoms with Gasteiger partial charge in [-0.1, -0.05) is 26.0 Å². The van der Waals surface area contributed by atoms with Crippen molar-refractivity contribution in [3.8, 4) is 0 Å². The van der Waals surface area contributed by atoms with Gasteiger partial charge in [-0.3, -0.25) is 9.69 Å². The van der Waals surface area contributed by atoms with Crippen molar-refractivity contribution in [3.05, 3.63) is 23.4 Å². The molecule has 116 valence electrons. The van der Waals surface area contributed by atoms with Crippen LogP contribution in [0.15, 0.2) is 23.4 Å². The first-order valence-corrected chi connectivity index (χ1v) is 8.15. The number of hydrogen-bond donors (Lipinski definition) is 1. The van der Waals surface area contributed by atoms with Crippen LogP contribution in [0, 0.1) is 5.41 Å². The molecule has 0 bridgehead atoms. The molecule has 21 heavy (non-hydrogen) atoms. The minimum atomic E-state index is 0.0959. The Morgan fingerprint density at radius 2 is 2.14 bits per heavy atom. The molecule has 2 fully saturated rings. The highest BCUT2D eigenvalue weighted by atomic mass is 16.2. The van der Waals surface area contributed by atoms with Crippen LogP contribution < -0.4 is 5.32 Å². The Bertz CT molecular complexity index is 492. The van der Waals surface area contributed by atoms with Crippen molar-refractivity contribution in [1.82, 2.24) is 15.1 Å². The molecule has 1 atom stereocenters. The van der Waals surface area contributed by atoms with Crippen molar-refractivity contribution in [3.63, 3.8) is 0 Å². The number of rotatable bonds is 2. The summed E-state index contributed by atoms with van der Waals surface area (Å²) >= 11 is 0. The van der Waals surface area contributed by atoms with Gasteiger partial charge in [0.2, 0.25) is 5.91 Å². The number of piperazine rings is 1. The van der Waals surface area contributed by atoms with E-state index in [2.05, 4.69) is 43.1 Å². The zero-order chi connectivity index (χ0) is 15.0. The van der Waals surface area contributed by atoms with E-state index >= 15 is 0 Å². The summed E-state index contributed by atoms with van der Waals surface area (Å²) in [5, 5.41) is 3.43. The van der Waals surface area contributed by atoms with Gasteiger partial charge in [0.05, 0.1) is 6.54 Å². The molecule has 2 heterocycles. The lowest BCUT2D eigenvalue weighted by atomic mass is 9.84. The van der Waals surface area contributed by atoms with Gasteiger partial charge in [-0.05, 0) is 25.3 Å². The summed E-state index contributed by atoms with van der Waals surface area (Å²) in [6, 6.07) is 0.478.